The number of aryl methyl sites for hydroxylation is 1. The van der Waals surface area contributed by atoms with Crippen molar-refractivity contribution in [2.45, 2.75) is 76.9 Å². The van der Waals surface area contributed by atoms with Crippen molar-refractivity contribution in [2.24, 2.45) is 5.92 Å². The lowest BCUT2D eigenvalue weighted by molar-refractivity contribution is -0.291. The monoisotopic (exact) mass is 748 g/mol. The molecule has 13 heteroatoms. The fourth-order valence-electron chi connectivity index (χ4n) is 6.42. The molecule has 11 nitrogen and oxygen atoms in total. The van der Waals surface area contributed by atoms with Gasteiger partial charge in [0.1, 0.15) is 25.1 Å². The van der Waals surface area contributed by atoms with Gasteiger partial charge in [-0.15, -0.1) is 0 Å². The molecule has 3 aromatic rings. The quantitative estimate of drug-likeness (QED) is 0.104. The molecular weight excluding hydrogens is 704 g/mol. The molecule has 0 radical (unpaired) electrons. The van der Waals surface area contributed by atoms with E-state index in [0.717, 1.165) is 17.4 Å². The maximum atomic E-state index is 13.9. The summed E-state index contributed by atoms with van der Waals surface area (Å²) in [7, 11) is -3.26. The van der Waals surface area contributed by atoms with Gasteiger partial charge in [-0.05, 0) is 98.5 Å². The summed E-state index contributed by atoms with van der Waals surface area (Å²) in [5.74, 6) is 3.37. The Morgan fingerprint density at radius 1 is 0.981 bits per heavy atom. The maximum Gasteiger partial charge on any atom is 0.304 e. The molecule has 0 spiro atoms. The third kappa shape index (κ3) is 10.7. The van der Waals surface area contributed by atoms with Crippen molar-refractivity contribution in [2.75, 3.05) is 30.9 Å². The van der Waals surface area contributed by atoms with Crippen LogP contribution in [-0.4, -0.2) is 63.7 Å². The Morgan fingerprint density at radius 2 is 1.62 bits per heavy atom. The number of carbonyl (C=O) groups is 3. The fourth-order valence-corrected chi connectivity index (χ4v) is 6.94. The second-order valence-corrected chi connectivity index (χ2v) is 15.7. The van der Waals surface area contributed by atoms with Crippen molar-refractivity contribution in [1.29, 1.82) is 0 Å². The number of sulfonamides is 1. The number of carbonyl (C=O) groups excluding carboxylic acids is 3. The Morgan fingerprint density at radius 3 is 2.21 bits per heavy atom. The van der Waals surface area contributed by atoms with Crippen LogP contribution in [0.25, 0.3) is 0 Å². The minimum Gasteiger partial charge on any atom is -0.458 e. The number of amides is 1. The van der Waals surface area contributed by atoms with Crippen LogP contribution in [0.1, 0.15) is 81.4 Å². The number of esters is 2. The molecule has 1 N–H and O–H groups in total. The van der Waals surface area contributed by atoms with Gasteiger partial charge in [0.2, 0.25) is 21.5 Å². The van der Waals surface area contributed by atoms with E-state index < -0.39 is 51.2 Å². The molecule has 0 saturated carbocycles. The van der Waals surface area contributed by atoms with Gasteiger partial charge in [-0.1, -0.05) is 42.3 Å². The van der Waals surface area contributed by atoms with E-state index >= 15 is 0 Å². The predicted molar refractivity (Wildman–Crippen MR) is 195 cm³/mol. The highest BCUT2D eigenvalue weighted by Crippen LogP contribution is 2.46. The summed E-state index contributed by atoms with van der Waals surface area (Å²) in [5, 5.41) is 0. The fraction of sp³-hybridized carbons (Fsp3) is 0.425. The minimum absolute atomic E-state index is 0.0497. The number of halogens is 1. The van der Waals surface area contributed by atoms with Gasteiger partial charge in [-0.3, -0.25) is 14.4 Å². The lowest BCUT2D eigenvalue weighted by atomic mass is 9.78. The highest BCUT2D eigenvalue weighted by molar-refractivity contribution is 7.88. The predicted octanol–water partition coefficient (Wildman–Crippen LogP) is 5.53. The molecule has 0 aliphatic carbocycles. The third-order valence-electron chi connectivity index (χ3n) is 9.06. The zero-order valence-electron chi connectivity index (χ0n) is 30.5. The van der Waals surface area contributed by atoms with Gasteiger partial charge in [0, 0.05) is 31.6 Å². The van der Waals surface area contributed by atoms with E-state index in [1.807, 2.05) is 48.5 Å². The second kappa shape index (κ2) is 16.6. The van der Waals surface area contributed by atoms with Crippen molar-refractivity contribution in [3.63, 3.8) is 0 Å². The first-order valence-electron chi connectivity index (χ1n) is 17.4. The van der Waals surface area contributed by atoms with Crippen LogP contribution in [0.4, 0.5) is 10.1 Å². The van der Waals surface area contributed by atoms with Gasteiger partial charge in [0.25, 0.3) is 0 Å². The second-order valence-electron chi connectivity index (χ2n) is 13.9. The standard InChI is InChI=1S/C40H45FN2O9S/c1-27(44)51-36(31-14-16-33(41)17-15-31)21-20-35-37(43(38(35)46)34-18-10-29(11-19-34)7-6-24-42-53(5,47)48)32-12-8-30(9-13-32)22-23-40(52-28(2)45)25-49-39(3,4)50-26-40/h8-19,35-37,42H,6-7,20-21,24-26H2,1-5H3/t35?,36-,37+/m0/s1. The average Bonchev–Trinajstić information content (AvgIpc) is 3.09. The van der Waals surface area contributed by atoms with Crippen molar-refractivity contribution >= 4 is 33.6 Å². The summed E-state index contributed by atoms with van der Waals surface area (Å²) in [5.41, 5.74) is 2.59. The summed E-state index contributed by atoms with van der Waals surface area (Å²) >= 11 is 0. The molecule has 0 aromatic heterocycles. The van der Waals surface area contributed by atoms with Gasteiger partial charge >= 0.3 is 11.9 Å². The van der Waals surface area contributed by atoms with Gasteiger partial charge in [-0.2, -0.15) is 0 Å². The Labute approximate surface area is 310 Å². The number of rotatable bonds is 13. The van der Waals surface area contributed by atoms with Crippen LogP contribution >= 0.6 is 0 Å². The molecule has 3 atom stereocenters. The van der Waals surface area contributed by atoms with E-state index in [-0.39, 0.29) is 25.2 Å². The highest BCUT2D eigenvalue weighted by Gasteiger charge is 2.48. The molecule has 282 valence electrons. The van der Waals surface area contributed by atoms with Crippen molar-refractivity contribution in [3.8, 4) is 11.8 Å². The Balaban J connectivity index is 1.38. The van der Waals surface area contributed by atoms with E-state index in [2.05, 4.69) is 16.6 Å². The molecule has 5 rings (SSSR count). The Hall–Kier alpha value is -4.61. The van der Waals surface area contributed by atoms with Gasteiger partial charge in [0.05, 0.1) is 18.2 Å². The lowest BCUT2D eigenvalue weighted by Crippen LogP contribution is -2.55. The Bertz CT molecular complexity index is 1940. The molecule has 53 heavy (non-hydrogen) atoms. The molecule has 2 fully saturated rings. The minimum atomic E-state index is -3.26. The molecule has 2 heterocycles. The zero-order valence-corrected chi connectivity index (χ0v) is 31.3. The first-order chi connectivity index (χ1) is 25.0. The summed E-state index contributed by atoms with van der Waals surface area (Å²) in [6, 6.07) is 20.5. The number of hydrogen-bond acceptors (Lipinski definition) is 9. The largest absolute Gasteiger partial charge is 0.458 e. The Kier molecular flexibility index (Phi) is 12.4. The average molecular weight is 749 g/mol. The molecule has 2 saturated heterocycles. The van der Waals surface area contributed by atoms with Crippen molar-refractivity contribution < 1.29 is 46.1 Å². The van der Waals surface area contributed by atoms with E-state index in [4.69, 9.17) is 18.9 Å². The molecule has 2 aliphatic heterocycles. The highest BCUT2D eigenvalue weighted by atomic mass is 32.2. The SMILES string of the molecule is CC(=O)O[C@@H](CCC1C(=O)N(c2ccc(CCCNS(C)(=O)=O)cc2)[C@@H]1c1ccc(C#CC2(OC(C)=O)COC(C)(C)OC2)cc1)c1ccc(F)cc1. The molecule has 3 aromatic carbocycles. The van der Waals surface area contributed by atoms with Gasteiger partial charge < -0.3 is 23.8 Å². The first-order valence-corrected chi connectivity index (χ1v) is 19.3. The van der Waals surface area contributed by atoms with Crippen LogP contribution < -0.4 is 9.62 Å². The van der Waals surface area contributed by atoms with Crippen LogP contribution in [0.5, 0.6) is 0 Å². The molecule has 2 aliphatic rings. The number of ether oxygens (including phenoxy) is 4. The maximum absolute atomic E-state index is 13.9. The van der Waals surface area contributed by atoms with Crippen LogP contribution in [0, 0.1) is 23.6 Å². The van der Waals surface area contributed by atoms with E-state index in [9.17, 15) is 27.2 Å². The molecule has 0 bridgehead atoms. The molecule has 1 amide bonds. The topological polar surface area (TPSA) is 138 Å². The number of nitrogens with one attached hydrogen (secondary N) is 1. The normalized spacial score (nSPS) is 19.7. The summed E-state index contributed by atoms with van der Waals surface area (Å²) in [6.07, 6.45) is 2.47. The van der Waals surface area contributed by atoms with Crippen molar-refractivity contribution in [1.82, 2.24) is 4.72 Å². The first kappa shape index (κ1) is 39.6. The van der Waals surface area contributed by atoms with Crippen LogP contribution in [0.2, 0.25) is 0 Å². The van der Waals surface area contributed by atoms with Gasteiger partial charge in [0.15, 0.2) is 5.79 Å². The number of nitrogens with zero attached hydrogens (tertiary/aromatic N) is 1. The number of hydrogen-bond donors (Lipinski definition) is 1. The van der Waals surface area contributed by atoms with Crippen LogP contribution in [-0.2, 0) is 49.8 Å². The van der Waals surface area contributed by atoms with E-state index in [1.54, 1.807) is 30.9 Å². The summed E-state index contributed by atoms with van der Waals surface area (Å²) in [4.78, 5) is 39.5. The molecular formula is C40H45FN2O9S. The van der Waals surface area contributed by atoms with Crippen molar-refractivity contribution in [3.05, 3.63) is 101 Å². The number of β-lactam (4-membered cyclic amide) rings is 1. The van der Waals surface area contributed by atoms with Crippen LogP contribution in [0.15, 0.2) is 72.8 Å². The molecule has 1 unspecified atom stereocenters. The summed E-state index contributed by atoms with van der Waals surface area (Å²) in [6.45, 7) is 6.59. The lowest BCUT2D eigenvalue weighted by Gasteiger charge is -2.48. The van der Waals surface area contributed by atoms with E-state index in [0.29, 0.717) is 49.0 Å². The summed E-state index contributed by atoms with van der Waals surface area (Å²) < 4.78 is 61.6. The smallest absolute Gasteiger partial charge is 0.304 e. The third-order valence-corrected chi connectivity index (χ3v) is 9.79. The van der Waals surface area contributed by atoms with Crippen LogP contribution in [0.3, 0.4) is 0 Å². The number of anilines is 1. The zero-order chi connectivity index (χ0) is 38.4. The number of benzene rings is 3. The van der Waals surface area contributed by atoms with E-state index in [1.165, 1.54) is 26.0 Å². The van der Waals surface area contributed by atoms with Gasteiger partial charge in [-0.25, -0.2) is 17.5 Å².